The molecule has 4 nitrogen and oxygen atoms in total. The maximum absolute atomic E-state index is 4.24. The van der Waals surface area contributed by atoms with Crippen molar-refractivity contribution in [2.75, 3.05) is 10.6 Å². The molecule has 0 radical (unpaired) electrons. The second kappa shape index (κ2) is 5.69. The van der Waals surface area contributed by atoms with Crippen molar-refractivity contribution in [3.05, 3.63) is 41.7 Å². The Morgan fingerprint density at radius 2 is 1.74 bits per heavy atom. The van der Waals surface area contributed by atoms with Crippen LogP contribution in [0, 0.1) is 13.8 Å². The molecule has 2 rings (SSSR count). The van der Waals surface area contributed by atoms with E-state index in [2.05, 4.69) is 66.5 Å². The predicted molar refractivity (Wildman–Crippen MR) is 80.0 cm³/mol. The molecule has 0 unspecified atom stereocenters. The molecule has 0 saturated carbocycles. The van der Waals surface area contributed by atoms with E-state index in [4.69, 9.17) is 0 Å². The molecule has 0 aliphatic carbocycles. The summed E-state index contributed by atoms with van der Waals surface area (Å²) in [5.74, 6) is 1.63. The first-order chi connectivity index (χ1) is 9.04. The Morgan fingerprint density at radius 1 is 1.00 bits per heavy atom. The monoisotopic (exact) mass is 256 g/mol. The number of anilines is 3. The van der Waals surface area contributed by atoms with Crippen LogP contribution in [0.1, 0.15) is 25.0 Å². The summed E-state index contributed by atoms with van der Waals surface area (Å²) >= 11 is 0. The molecule has 1 aromatic heterocycles. The Hall–Kier alpha value is -2.10. The van der Waals surface area contributed by atoms with Crippen molar-refractivity contribution < 1.29 is 0 Å². The van der Waals surface area contributed by atoms with Crippen LogP contribution in [0.3, 0.4) is 0 Å². The molecule has 1 aromatic carbocycles. The zero-order valence-electron chi connectivity index (χ0n) is 11.9. The molecule has 0 bridgehead atoms. The van der Waals surface area contributed by atoms with Gasteiger partial charge in [-0.25, -0.2) is 9.97 Å². The van der Waals surface area contributed by atoms with Crippen LogP contribution in [0.4, 0.5) is 17.3 Å². The van der Waals surface area contributed by atoms with Crippen LogP contribution in [0.15, 0.2) is 30.6 Å². The molecule has 2 N–H and O–H groups in total. The normalized spacial score (nSPS) is 10.6. The number of aryl methyl sites for hydroxylation is 2. The van der Waals surface area contributed by atoms with Crippen LogP contribution < -0.4 is 10.6 Å². The number of nitrogens with zero attached hydrogens (tertiary/aromatic N) is 2. The third-order valence-electron chi connectivity index (χ3n) is 2.75. The minimum Gasteiger partial charge on any atom is -0.368 e. The molecule has 0 atom stereocenters. The number of hydrogen-bond acceptors (Lipinski definition) is 4. The van der Waals surface area contributed by atoms with Crippen LogP contribution in [0.2, 0.25) is 0 Å². The van der Waals surface area contributed by atoms with Crippen molar-refractivity contribution in [1.29, 1.82) is 0 Å². The van der Waals surface area contributed by atoms with Gasteiger partial charge in [0.25, 0.3) is 0 Å². The molecule has 19 heavy (non-hydrogen) atoms. The number of hydrogen-bond donors (Lipinski definition) is 2. The third-order valence-corrected chi connectivity index (χ3v) is 2.75. The minimum atomic E-state index is 0.351. The number of nitrogens with one attached hydrogen (secondary N) is 2. The lowest BCUT2D eigenvalue weighted by Crippen LogP contribution is -2.11. The highest BCUT2D eigenvalue weighted by atomic mass is 15.1. The van der Waals surface area contributed by atoms with Crippen molar-refractivity contribution in [1.82, 2.24) is 9.97 Å². The summed E-state index contributed by atoms with van der Waals surface area (Å²) in [6.45, 7) is 8.34. The van der Waals surface area contributed by atoms with Crippen LogP contribution in [0.25, 0.3) is 0 Å². The molecular weight excluding hydrogens is 236 g/mol. The first kappa shape index (κ1) is 13.3. The van der Waals surface area contributed by atoms with Gasteiger partial charge >= 0.3 is 0 Å². The third kappa shape index (κ3) is 3.68. The van der Waals surface area contributed by atoms with Crippen molar-refractivity contribution >= 4 is 17.3 Å². The summed E-state index contributed by atoms with van der Waals surface area (Å²) in [6.07, 6.45) is 1.57. The van der Waals surface area contributed by atoms with Gasteiger partial charge in [0.05, 0.1) is 0 Å². The van der Waals surface area contributed by atoms with Crippen LogP contribution in [-0.4, -0.2) is 16.0 Å². The molecule has 0 fully saturated rings. The Balaban J connectivity index is 2.18. The van der Waals surface area contributed by atoms with Gasteiger partial charge in [-0.3, -0.25) is 0 Å². The Labute approximate surface area is 114 Å². The molecule has 100 valence electrons. The van der Waals surface area contributed by atoms with Gasteiger partial charge in [-0.05, 0) is 39.3 Å². The van der Waals surface area contributed by atoms with Crippen LogP contribution in [0.5, 0.6) is 0 Å². The molecule has 1 heterocycles. The molecule has 2 aromatic rings. The maximum Gasteiger partial charge on any atom is 0.135 e. The lowest BCUT2D eigenvalue weighted by Gasteiger charge is -2.12. The van der Waals surface area contributed by atoms with E-state index >= 15 is 0 Å². The standard InChI is InChI=1S/C15H20N4/c1-10(2)18-14-8-15(17-9-16-14)19-13-6-5-11(3)7-12(13)4/h5-10H,1-4H3,(H2,16,17,18,19). The summed E-state index contributed by atoms with van der Waals surface area (Å²) in [7, 11) is 0. The maximum atomic E-state index is 4.24. The van der Waals surface area contributed by atoms with E-state index < -0.39 is 0 Å². The lowest BCUT2D eigenvalue weighted by molar-refractivity contribution is 0.886. The van der Waals surface area contributed by atoms with Gasteiger partial charge in [-0.2, -0.15) is 0 Å². The summed E-state index contributed by atoms with van der Waals surface area (Å²) in [4.78, 5) is 8.44. The summed E-state index contributed by atoms with van der Waals surface area (Å²) < 4.78 is 0. The van der Waals surface area contributed by atoms with Crippen molar-refractivity contribution in [2.45, 2.75) is 33.7 Å². The fourth-order valence-corrected chi connectivity index (χ4v) is 1.89. The lowest BCUT2D eigenvalue weighted by atomic mass is 10.1. The summed E-state index contributed by atoms with van der Waals surface area (Å²) in [5.41, 5.74) is 3.53. The van der Waals surface area contributed by atoms with Crippen LogP contribution in [-0.2, 0) is 0 Å². The second-order valence-corrected chi connectivity index (χ2v) is 5.03. The highest BCUT2D eigenvalue weighted by Crippen LogP contribution is 2.21. The second-order valence-electron chi connectivity index (χ2n) is 5.03. The first-order valence-corrected chi connectivity index (χ1v) is 6.47. The quantitative estimate of drug-likeness (QED) is 0.876. The zero-order valence-corrected chi connectivity index (χ0v) is 11.9. The topological polar surface area (TPSA) is 49.8 Å². The Kier molecular flexibility index (Phi) is 4.00. The van der Waals surface area contributed by atoms with Gasteiger partial charge in [0, 0.05) is 17.8 Å². The molecule has 0 saturated heterocycles. The molecule has 0 amide bonds. The van der Waals surface area contributed by atoms with Crippen molar-refractivity contribution in [3.8, 4) is 0 Å². The number of rotatable bonds is 4. The SMILES string of the molecule is Cc1ccc(Nc2cc(NC(C)C)ncn2)c(C)c1. The molecule has 4 heteroatoms. The fourth-order valence-electron chi connectivity index (χ4n) is 1.89. The zero-order chi connectivity index (χ0) is 13.8. The smallest absolute Gasteiger partial charge is 0.135 e. The van der Waals surface area contributed by atoms with Gasteiger partial charge in [-0.1, -0.05) is 17.7 Å². The van der Waals surface area contributed by atoms with E-state index in [0.717, 1.165) is 17.3 Å². The van der Waals surface area contributed by atoms with Gasteiger partial charge in [0.1, 0.15) is 18.0 Å². The van der Waals surface area contributed by atoms with Crippen LogP contribution >= 0.6 is 0 Å². The van der Waals surface area contributed by atoms with Gasteiger partial charge in [-0.15, -0.1) is 0 Å². The van der Waals surface area contributed by atoms with E-state index in [0.29, 0.717) is 6.04 Å². The summed E-state index contributed by atoms with van der Waals surface area (Å²) in [6, 6.07) is 8.58. The highest BCUT2D eigenvalue weighted by Gasteiger charge is 2.03. The van der Waals surface area contributed by atoms with E-state index in [1.165, 1.54) is 11.1 Å². The van der Waals surface area contributed by atoms with Gasteiger partial charge in [0.2, 0.25) is 0 Å². The molecule has 0 aliphatic heterocycles. The van der Waals surface area contributed by atoms with Gasteiger partial charge in [0.15, 0.2) is 0 Å². The molecular formula is C15H20N4. The first-order valence-electron chi connectivity index (χ1n) is 6.47. The van der Waals surface area contributed by atoms with E-state index in [-0.39, 0.29) is 0 Å². The molecule has 0 aliphatic rings. The largest absolute Gasteiger partial charge is 0.368 e. The average molecular weight is 256 g/mol. The van der Waals surface area contributed by atoms with E-state index in [9.17, 15) is 0 Å². The van der Waals surface area contributed by atoms with Crippen molar-refractivity contribution in [2.24, 2.45) is 0 Å². The predicted octanol–water partition coefficient (Wildman–Crippen LogP) is 3.66. The fraction of sp³-hybridized carbons (Fsp3) is 0.333. The Morgan fingerprint density at radius 3 is 2.42 bits per heavy atom. The molecule has 0 spiro atoms. The van der Waals surface area contributed by atoms with Gasteiger partial charge < -0.3 is 10.6 Å². The van der Waals surface area contributed by atoms with Crippen molar-refractivity contribution in [3.63, 3.8) is 0 Å². The highest BCUT2D eigenvalue weighted by molar-refractivity contribution is 5.62. The average Bonchev–Trinajstić information content (AvgIpc) is 2.32. The number of aromatic nitrogens is 2. The number of benzene rings is 1. The minimum absolute atomic E-state index is 0.351. The summed E-state index contributed by atoms with van der Waals surface area (Å²) in [5, 5.41) is 6.59. The van der Waals surface area contributed by atoms with E-state index in [1.54, 1.807) is 6.33 Å². The van der Waals surface area contributed by atoms with E-state index in [1.807, 2.05) is 6.07 Å². The Bertz CT molecular complexity index is 564.